The Labute approximate surface area is 170 Å². The number of nitrogens with zero attached hydrogens (tertiary/aromatic N) is 3. The summed E-state index contributed by atoms with van der Waals surface area (Å²) in [6, 6.07) is 10.7. The minimum atomic E-state index is -0.701. The molecule has 1 aromatic carbocycles. The molecule has 7 heteroatoms. The fourth-order valence-corrected chi connectivity index (χ4v) is 5.05. The highest BCUT2D eigenvalue weighted by Crippen LogP contribution is 2.23. The molecular weight excluding hydrogens is 370 g/mol. The topological polar surface area (TPSA) is 71.3 Å². The minimum Gasteiger partial charge on any atom is -0.356 e. The van der Waals surface area contributed by atoms with Gasteiger partial charge in [0.1, 0.15) is 0 Å². The Balaban J connectivity index is 1.45. The number of rotatable bonds is 7. The Bertz CT molecular complexity index is 773. The van der Waals surface area contributed by atoms with Crippen molar-refractivity contribution in [3.63, 3.8) is 0 Å². The monoisotopic (exact) mass is 401 g/mol. The summed E-state index contributed by atoms with van der Waals surface area (Å²) in [4.78, 5) is 4.36. The lowest BCUT2D eigenvalue weighted by atomic mass is 9.95. The van der Waals surface area contributed by atoms with Crippen LogP contribution in [-0.4, -0.2) is 50.6 Å². The van der Waals surface area contributed by atoms with Crippen LogP contribution in [0.4, 0.5) is 0 Å². The Morgan fingerprint density at radius 2 is 2.14 bits per heavy atom. The fourth-order valence-electron chi connectivity index (χ4n) is 3.70. The van der Waals surface area contributed by atoms with Crippen molar-refractivity contribution in [3.05, 3.63) is 48.3 Å². The second-order valence-electron chi connectivity index (χ2n) is 7.17. The number of nitrogens with one attached hydrogen (secondary N) is 2. The summed E-state index contributed by atoms with van der Waals surface area (Å²) in [5, 5.41) is 11.5. The lowest BCUT2D eigenvalue weighted by molar-refractivity contribution is 0.413. The molecule has 0 amide bonds. The van der Waals surface area contributed by atoms with Gasteiger partial charge in [-0.05, 0) is 49.4 Å². The van der Waals surface area contributed by atoms with Gasteiger partial charge in [0.15, 0.2) is 5.96 Å². The van der Waals surface area contributed by atoms with Crippen LogP contribution in [0.3, 0.4) is 0 Å². The Morgan fingerprint density at radius 1 is 1.32 bits per heavy atom. The number of hydrogen-bond acceptors (Lipinski definition) is 3. The van der Waals surface area contributed by atoms with Gasteiger partial charge < -0.3 is 10.6 Å². The van der Waals surface area contributed by atoms with Crippen LogP contribution in [0.5, 0.6) is 0 Å². The average Bonchev–Trinajstić information content (AvgIpc) is 3.28. The standard InChI is InChI=1S/C21H31N5OS/c1-3-28(27)20-7-4-6-18(16-20)25-21(22-2)23-14-12-17-8-10-19(11-9-17)26-15-5-13-24-26/h5,8-11,13,15,18,20H,3-4,6-7,12,14,16H2,1-2H3,(H2,22,23,25). The highest BCUT2D eigenvalue weighted by molar-refractivity contribution is 7.85. The SMILES string of the molecule is CCS(=O)C1CCCC(NC(=NC)NCCc2ccc(-n3cccn3)cc2)C1. The van der Waals surface area contributed by atoms with Gasteiger partial charge in [-0.2, -0.15) is 5.10 Å². The third-order valence-corrected chi connectivity index (χ3v) is 7.00. The highest BCUT2D eigenvalue weighted by Gasteiger charge is 2.25. The van der Waals surface area contributed by atoms with Gasteiger partial charge in [0.25, 0.3) is 0 Å². The maximum absolute atomic E-state index is 12.1. The molecule has 0 bridgehead atoms. The number of benzene rings is 1. The van der Waals surface area contributed by atoms with E-state index in [9.17, 15) is 4.21 Å². The van der Waals surface area contributed by atoms with Gasteiger partial charge in [0, 0.05) is 53.8 Å². The number of aliphatic imine (C=N–C) groups is 1. The van der Waals surface area contributed by atoms with Crippen molar-refractivity contribution < 1.29 is 4.21 Å². The molecule has 0 aliphatic heterocycles. The van der Waals surface area contributed by atoms with Crippen LogP contribution in [0.25, 0.3) is 5.69 Å². The van der Waals surface area contributed by atoms with Crippen LogP contribution >= 0.6 is 0 Å². The normalized spacial score (nSPS) is 21.3. The quantitative estimate of drug-likeness (QED) is 0.553. The fraction of sp³-hybridized carbons (Fsp3) is 0.524. The molecule has 6 nitrogen and oxygen atoms in total. The molecular formula is C21H31N5OS. The first-order chi connectivity index (χ1) is 13.7. The molecule has 0 saturated heterocycles. The molecule has 1 fully saturated rings. The number of hydrogen-bond donors (Lipinski definition) is 2. The molecule has 0 spiro atoms. The molecule has 152 valence electrons. The summed E-state index contributed by atoms with van der Waals surface area (Å²) in [5.74, 6) is 1.59. The van der Waals surface area contributed by atoms with E-state index in [-0.39, 0.29) is 0 Å². The summed E-state index contributed by atoms with van der Waals surface area (Å²) >= 11 is 0. The van der Waals surface area contributed by atoms with Crippen molar-refractivity contribution in [3.8, 4) is 5.69 Å². The van der Waals surface area contributed by atoms with Gasteiger partial charge in [0.05, 0.1) is 5.69 Å². The molecule has 1 aromatic heterocycles. The molecule has 0 radical (unpaired) electrons. The molecule has 2 aromatic rings. The first-order valence-electron chi connectivity index (χ1n) is 10.1. The van der Waals surface area contributed by atoms with Crippen LogP contribution < -0.4 is 10.6 Å². The van der Waals surface area contributed by atoms with Crippen LogP contribution in [0.1, 0.15) is 38.2 Å². The second-order valence-corrected chi connectivity index (χ2v) is 9.17. The van der Waals surface area contributed by atoms with Crippen LogP contribution in [0, 0.1) is 0 Å². The van der Waals surface area contributed by atoms with E-state index in [4.69, 9.17) is 0 Å². The third kappa shape index (κ3) is 5.67. The maximum Gasteiger partial charge on any atom is 0.191 e. The molecule has 3 unspecified atom stereocenters. The first kappa shape index (κ1) is 20.6. The van der Waals surface area contributed by atoms with Gasteiger partial charge in [-0.15, -0.1) is 0 Å². The zero-order valence-electron chi connectivity index (χ0n) is 16.8. The predicted octanol–water partition coefficient (Wildman–Crippen LogP) is 2.66. The Kier molecular flexibility index (Phi) is 7.65. The van der Waals surface area contributed by atoms with E-state index in [1.54, 1.807) is 13.2 Å². The van der Waals surface area contributed by atoms with Crippen molar-refractivity contribution >= 4 is 16.8 Å². The summed E-state index contributed by atoms with van der Waals surface area (Å²) in [5.41, 5.74) is 2.34. The smallest absolute Gasteiger partial charge is 0.191 e. The zero-order valence-corrected chi connectivity index (χ0v) is 17.6. The van der Waals surface area contributed by atoms with Crippen molar-refractivity contribution in [1.29, 1.82) is 0 Å². The second kappa shape index (κ2) is 10.4. The van der Waals surface area contributed by atoms with Crippen molar-refractivity contribution in [2.24, 2.45) is 4.99 Å². The van der Waals surface area contributed by atoms with E-state index < -0.39 is 10.8 Å². The lowest BCUT2D eigenvalue weighted by Crippen LogP contribution is -2.47. The predicted molar refractivity (Wildman–Crippen MR) is 116 cm³/mol. The minimum absolute atomic E-state index is 0.322. The van der Waals surface area contributed by atoms with Gasteiger partial charge in [-0.1, -0.05) is 25.5 Å². The molecule has 2 N–H and O–H groups in total. The van der Waals surface area contributed by atoms with Gasteiger partial charge >= 0.3 is 0 Å². The molecule has 3 atom stereocenters. The van der Waals surface area contributed by atoms with E-state index in [2.05, 4.69) is 45.0 Å². The van der Waals surface area contributed by atoms with E-state index in [1.807, 2.05) is 23.9 Å². The van der Waals surface area contributed by atoms with E-state index in [1.165, 1.54) is 5.56 Å². The molecule has 1 aliphatic carbocycles. The van der Waals surface area contributed by atoms with Crippen LogP contribution in [-0.2, 0) is 17.2 Å². The molecule has 3 rings (SSSR count). The van der Waals surface area contributed by atoms with E-state index in [0.717, 1.165) is 56.0 Å². The third-order valence-electron chi connectivity index (χ3n) is 5.26. The molecule has 1 saturated carbocycles. The largest absolute Gasteiger partial charge is 0.356 e. The van der Waals surface area contributed by atoms with Gasteiger partial charge in [-0.25, -0.2) is 4.68 Å². The van der Waals surface area contributed by atoms with Crippen molar-refractivity contribution in [2.45, 2.75) is 50.3 Å². The maximum atomic E-state index is 12.1. The van der Waals surface area contributed by atoms with Crippen molar-refractivity contribution in [1.82, 2.24) is 20.4 Å². The lowest BCUT2D eigenvalue weighted by Gasteiger charge is -2.30. The number of aromatic nitrogens is 2. The van der Waals surface area contributed by atoms with E-state index >= 15 is 0 Å². The van der Waals surface area contributed by atoms with Crippen molar-refractivity contribution in [2.75, 3.05) is 19.3 Å². The molecule has 1 heterocycles. The average molecular weight is 402 g/mol. The van der Waals surface area contributed by atoms with E-state index in [0.29, 0.717) is 11.3 Å². The summed E-state index contributed by atoms with van der Waals surface area (Å²) in [6.07, 6.45) is 8.95. The highest BCUT2D eigenvalue weighted by atomic mass is 32.2. The number of guanidine groups is 1. The summed E-state index contributed by atoms with van der Waals surface area (Å²) in [6.45, 7) is 2.83. The summed E-state index contributed by atoms with van der Waals surface area (Å²) < 4.78 is 14.0. The van der Waals surface area contributed by atoms with Crippen LogP contribution in [0.2, 0.25) is 0 Å². The van der Waals surface area contributed by atoms with Crippen LogP contribution in [0.15, 0.2) is 47.7 Å². The first-order valence-corrected chi connectivity index (χ1v) is 11.5. The molecule has 1 aliphatic rings. The molecule has 28 heavy (non-hydrogen) atoms. The zero-order chi connectivity index (χ0) is 19.8. The Hall–Kier alpha value is -2.15. The van der Waals surface area contributed by atoms with Gasteiger partial charge in [0.2, 0.25) is 0 Å². The summed E-state index contributed by atoms with van der Waals surface area (Å²) in [7, 11) is 1.10. The Morgan fingerprint density at radius 3 is 2.82 bits per heavy atom. The van der Waals surface area contributed by atoms with Gasteiger partial charge in [-0.3, -0.25) is 9.20 Å².